The molecule has 6 nitrogen and oxygen atoms in total. The summed E-state index contributed by atoms with van der Waals surface area (Å²) < 4.78 is 5.89. The molecule has 6 heteroatoms. The fraction of sp³-hybridized carbons (Fsp3) is 0.808. The van der Waals surface area contributed by atoms with Gasteiger partial charge in [0, 0.05) is 6.42 Å². The first-order valence-electron chi connectivity index (χ1n) is 24.9. The Morgan fingerprint density at radius 2 is 0.948 bits per heavy atom. The summed E-state index contributed by atoms with van der Waals surface area (Å²) >= 11 is 0. The minimum Gasteiger partial charge on any atom is -0.462 e. The van der Waals surface area contributed by atoms with Gasteiger partial charge in [0.1, 0.15) is 6.10 Å². The van der Waals surface area contributed by atoms with Crippen molar-refractivity contribution in [3.05, 3.63) is 48.6 Å². The van der Waals surface area contributed by atoms with Crippen LogP contribution in [0.25, 0.3) is 0 Å². The molecule has 0 bridgehead atoms. The molecule has 0 saturated heterocycles. The molecule has 0 aromatic rings. The van der Waals surface area contributed by atoms with Crippen molar-refractivity contribution in [2.45, 2.75) is 264 Å². The lowest BCUT2D eigenvalue weighted by molar-refractivity contribution is -0.151. The van der Waals surface area contributed by atoms with Crippen LogP contribution in [0.1, 0.15) is 245 Å². The number of hydrogen-bond acceptors (Lipinski definition) is 5. The van der Waals surface area contributed by atoms with Crippen LogP contribution in [0.4, 0.5) is 0 Å². The van der Waals surface area contributed by atoms with Crippen LogP contribution < -0.4 is 5.32 Å². The van der Waals surface area contributed by atoms with Gasteiger partial charge in [-0.25, -0.2) is 0 Å². The van der Waals surface area contributed by atoms with E-state index in [-0.39, 0.29) is 24.9 Å². The van der Waals surface area contributed by atoms with Gasteiger partial charge in [-0.15, -0.1) is 0 Å². The number of aliphatic hydroxyl groups is 2. The minimum atomic E-state index is -0.797. The lowest BCUT2D eigenvalue weighted by Gasteiger charge is -2.24. The van der Waals surface area contributed by atoms with E-state index in [0.29, 0.717) is 19.3 Å². The topological polar surface area (TPSA) is 95.9 Å². The number of ether oxygens (including phenoxy) is 1. The van der Waals surface area contributed by atoms with Gasteiger partial charge in [0.2, 0.25) is 5.91 Å². The maximum absolute atomic E-state index is 13.2. The summed E-state index contributed by atoms with van der Waals surface area (Å²) in [5.74, 6) is -0.526. The van der Waals surface area contributed by atoms with Crippen molar-refractivity contribution in [1.82, 2.24) is 5.32 Å². The van der Waals surface area contributed by atoms with Crippen molar-refractivity contribution in [2.75, 3.05) is 6.61 Å². The summed E-state index contributed by atoms with van der Waals surface area (Å²) in [4.78, 5) is 26.1. The van der Waals surface area contributed by atoms with E-state index in [1.54, 1.807) is 0 Å². The summed E-state index contributed by atoms with van der Waals surface area (Å²) in [6, 6.07) is -0.713. The number of esters is 1. The molecule has 1 amide bonds. The fourth-order valence-electron chi connectivity index (χ4n) is 7.39. The van der Waals surface area contributed by atoms with E-state index >= 15 is 0 Å². The Bertz CT molecular complexity index is 1000. The van der Waals surface area contributed by atoms with Crippen molar-refractivity contribution >= 4 is 11.9 Å². The van der Waals surface area contributed by atoms with Crippen molar-refractivity contribution in [2.24, 2.45) is 0 Å². The second kappa shape index (κ2) is 45.9. The molecule has 3 unspecified atom stereocenters. The molecule has 0 rings (SSSR count). The predicted molar refractivity (Wildman–Crippen MR) is 250 cm³/mol. The quantitative estimate of drug-likeness (QED) is 0.0323. The number of unbranched alkanes of at least 4 members (excludes halogenated alkanes) is 24. The van der Waals surface area contributed by atoms with E-state index in [1.807, 2.05) is 0 Å². The number of carbonyl (C=O) groups excluding carboxylic acids is 2. The first-order valence-corrected chi connectivity index (χ1v) is 24.9. The highest BCUT2D eigenvalue weighted by Crippen LogP contribution is 2.17. The smallest absolute Gasteiger partial charge is 0.306 e. The van der Waals surface area contributed by atoms with Crippen LogP contribution in [-0.2, 0) is 14.3 Å². The second-order valence-electron chi connectivity index (χ2n) is 16.8. The summed E-state index contributed by atoms with van der Waals surface area (Å²) in [5, 5.41) is 23.7. The molecule has 0 aromatic carbocycles. The fourth-order valence-corrected chi connectivity index (χ4v) is 7.39. The standard InChI is InChI=1S/C52H95NO5/c1-4-7-10-13-16-19-22-25-27-30-33-36-39-42-45-52(57)58-48(43-40-37-34-31-28-24-21-18-15-12-9-6-3)46-51(56)53-49(47-54)50(55)44-41-38-35-32-29-26-23-20-17-14-11-8-5-2/h7,10,16,19,25,27,31,34,48-50,54-55H,4-6,8-9,11-15,17-18,20-24,26,28-30,32-33,35-47H2,1-3H3,(H,53,56)/b10-7+,19-16+,27-25+,34-31-. The molecule has 0 aliphatic heterocycles. The van der Waals surface area contributed by atoms with Crippen molar-refractivity contribution in [1.29, 1.82) is 0 Å². The maximum Gasteiger partial charge on any atom is 0.306 e. The first-order chi connectivity index (χ1) is 28.5. The first kappa shape index (κ1) is 55.8. The third-order valence-electron chi connectivity index (χ3n) is 11.1. The molecule has 0 fully saturated rings. The van der Waals surface area contributed by atoms with Crippen LogP contribution in [0.2, 0.25) is 0 Å². The molecule has 0 saturated carbocycles. The SMILES string of the molecule is CC/C=C/C/C=C/C/C=C/CCCCCCC(=O)OC(CCC/C=C\CCCCCCCCC)CC(=O)NC(CO)C(O)CCCCCCCCCCCCCCC. The summed E-state index contributed by atoms with van der Waals surface area (Å²) in [7, 11) is 0. The zero-order valence-electron chi connectivity index (χ0n) is 38.4. The van der Waals surface area contributed by atoms with Gasteiger partial charge in [0.15, 0.2) is 0 Å². The van der Waals surface area contributed by atoms with Crippen LogP contribution in [0.5, 0.6) is 0 Å². The second-order valence-corrected chi connectivity index (χ2v) is 16.8. The molecule has 3 N–H and O–H groups in total. The minimum absolute atomic E-state index is 0.0480. The van der Waals surface area contributed by atoms with Crippen LogP contribution in [0, 0.1) is 0 Å². The maximum atomic E-state index is 13.2. The normalized spacial score (nSPS) is 13.7. The van der Waals surface area contributed by atoms with E-state index in [2.05, 4.69) is 74.7 Å². The highest BCUT2D eigenvalue weighted by molar-refractivity contribution is 5.77. The van der Waals surface area contributed by atoms with E-state index < -0.39 is 18.2 Å². The third kappa shape index (κ3) is 40.6. The van der Waals surface area contributed by atoms with Gasteiger partial charge in [-0.1, -0.05) is 204 Å². The Morgan fingerprint density at radius 3 is 1.47 bits per heavy atom. The van der Waals surface area contributed by atoms with Crippen molar-refractivity contribution in [3.63, 3.8) is 0 Å². The Morgan fingerprint density at radius 1 is 0.517 bits per heavy atom. The number of aliphatic hydroxyl groups excluding tert-OH is 2. The van der Waals surface area contributed by atoms with Gasteiger partial charge in [-0.2, -0.15) is 0 Å². The monoisotopic (exact) mass is 814 g/mol. The number of rotatable bonds is 44. The molecule has 0 aliphatic rings. The Kier molecular flexibility index (Phi) is 44.2. The zero-order valence-corrected chi connectivity index (χ0v) is 38.4. The average molecular weight is 814 g/mol. The molecule has 58 heavy (non-hydrogen) atoms. The van der Waals surface area contributed by atoms with Crippen LogP contribution in [-0.4, -0.2) is 46.9 Å². The molecule has 0 radical (unpaired) electrons. The number of amides is 1. The third-order valence-corrected chi connectivity index (χ3v) is 11.1. The van der Waals surface area contributed by atoms with Crippen molar-refractivity contribution < 1.29 is 24.5 Å². The summed E-state index contributed by atoms with van der Waals surface area (Å²) in [6.07, 6.45) is 54.6. The highest BCUT2D eigenvalue weighted by atomic mass is 16.5. The molecule has 338 valence electrons. The molecule has 0 heterocycles. The Balaban J connectivity index is 4.62. The Labute approximate surface area is 359 Å². The van der Waals surface area contributed by atoms with Gasteiger partial charge >= 0.3 is 5.97 Å². The molecular formula is C52H95NO5. The van der Waals surface area contributed by atoms with Gasteiger partial charge in [-0.05, 0) is 77.0 Å². The zero-order chi connectivity index (χ0) is 42.4. The average Bonchev–Trinajstić information content (AvgIpc) is 3.22. The number of carbonyl (C=O) groups is 2. The Hall–Kier alpha value is -2.18. The molecule has 0 aromatic heterocycles. The largest absolute Gasteiger partial charge is 0.462 e. The molecule has 0 aliphatic carbocycles. The molecule has 0 spiro atoms. The van der Waals surface area contributed by atoms with Gasteiger partial charge < -0.3 is 20.3 Å². The van der Waals surface area contributed by atoms with Crippen molar-refractivity contribution in [3.8, 4) is 0 Å². The number of allylic oxidation sites excluding steroid dienone is 8. The number of hydrogen-bond donors (Lipinski definition) is 3. The molecular weight excluding hydrogens is 719 g/mol. The lowest BCUT2D eigenvalue weighted by atomic mass is 10.0. The lowest BCUT2D eigenvalue weighted by Crippen LogP contribution is -2.46. The number of nitrogens with one attached hydrogen (secondary N) is 1. The van der Waals surface area contributed by atoms with Crippen LogP contribution in [0.3, 0.4) is 0 Å². The van der Waals surface area contributed by atoms with Gasteiger partial charge in [-0.3, -0.25) is 9.59 Å². The van der Waals surface area contributed by atoms with Gasteiger partial charge in [0.25, 0.3) is 0 Å². The van der Waals surface area contributed by atoms with E-state index in [1.165, 1.54) is 109 Å². The van der Waals surface area contributed by atoms with Crippen LogP contribution >= 0.6 is 0 Å². The highest BCUT2D eigenvalue weighted by Gasteiger charge is 2.24. The van der Waals surface area contributed by atoms with E-state index in [9.17, 15) is 19.8 Å². The molecule has 3 atom stereocenters. The van der Waals surface area contributed by atoms with Gasteiger partial charge in [0.05, 0.1) is 25.2 Å². The van der Waals surface area contributed by atoms with Crippen LogP contribution in [0.15, 0.2) is 48.6 Å². The van der Waals surface area contributed by atoms with E-state index in [0.717, 1.165) is 89.9 Å². The predicted octanol–water partition coefficient (Wildman–Crippen LogP) is 14.7. The summed E-state index contributed by atoms with van der Waals surface area (Å²) in [5.41, 5.74) is 0. The summed E-state index contributed by atoms with van der Waals surface area (Å²) in [6.45, 7) is 6.35. The van der Waals surface area contributed by atoms with E-state index in [4.69, 9.17) is 4.74 Å².